The van der Waals surface area contributed by atoms with Gasteiger partial charge in [-0.2, -0.15) is 12.8 Å². The number of hydrogen-bond acceptors (Lipinski definition) is 3. The van der Waals surface area contributed by atoms with E-state index in [-0.39, 0.29) is 0 Å². The summed E-state index contributed by atoms with van der Waals surface area (Å²) >= 11 is 0.750. The van der Waals surface area contributed by atoms with Crippen LogP contribution in [0.25, 0.3) is 0 Å². The van der Waals surface area contributed by atoms with E-state index in [9.17, 15) is 0 Å². The summed E-state index contributed by atoms with van der Waals surface area (Å²) in [4.78, 5) is 0. The fourth-order valence-corrected chi connectivity index (χ4v) is 2.64. The molecule has 0 aromatic rings. The van der Waals surface area contributed by atoms with Gasteiger partial charge in [0.15, 0.2) is 0 Å². The summed E-state index contributed by atoms with van der Waals surface area (Å²) < 4.78 is 8.25. The van der Waals surface area contributed by atoms with E-state index in [1.165, 1.54) is 103 Å². The Balaban J connectivity index is -0.0000000987. The number of rotatable bonds is 18. The number of unbranched alkanes of at least 4 members (excludes halogenated alkanes) is 16. The van der Waals surface area contributed by atoms with Crippen molar-refractivity contribution in [2.24, 2.45) is 0 Å². The molecule has 2 N–H and O–H groups in total. The molecule has 0 saturated carbocycles. The van der Waals surface area contributed by atoms with Crippen molar-refractivity contribution in [1.29, 1.82) is 0 Å². The second-order valence-electron chi connectivity index (χ2n) is 8.10. The first-order valence-corrected chi connectivity index (χ1v) is 14.3. The molecule has 0 aromatic heterocycles. The Labute approximate surface area is 216 Å². The van der Waals surface area contributed by atoms with Crippen LogP contribution in [0.4, 0.5) is 0 Å². The zero-order valence-electron chi connectivity index (χ0n) is 22.8. The van der Waals surface area contributed by atoms with Gasteiger partial charge in [0, 0.05) is 13.2 Å². The van der Waals surface area contributed by atoms with E-state index >= 15 is 0 Å². The molecule has 0 radical (unpaired) electrons. The van der Waals surface area contributed by atoms with Gasteiger partial charge in [0.2, 0.25) is 0 Å². The summed E-state index contributed by atoms with van der Waals surface area (Å²) in [6.45, 7) is 17.1. The van der Waals surface area contributed by atoms with Crippen molar-refractivity contribution in [3.8, 4) is 0 Å². The van der Waals surface area contributed by atoms with Crippen LogP contribution in [0.2, 0.25) is 0 Å². The van der Waals surface area contributed by atoms with Crippen LogP contribution in [0.1, 0.15) is 156 Å². The Hall–Kier alpha value is 0.434. The van der Waals surface area contributed by atoms with Crippen molar-refractivity contribution in [2.45, 2.75) is 156 Å². The summed E-state index contributed by atoms with van der Waals surface area (Å²) in [6, 6.07) is 0. The van der Waals surface area contributed by atoms with Crippen molar-refractivity contribution >= 4 is 0 Å². The van der Waals surface area contributed by atoms with E-state index in [4.69, 9.17) is 13.5 Å². The molecule has 3 nitrogen and oxygen atoms in total. The van der Waals surface area contributed by atoms with Crippen molar-refractivity contribution in [2.75, 3.05) is 13.2 Å². The van der Waals surface area contributed by atoms with E-state index < -0.39 is 0 Å². The van der Waals surface area contributed by atoms with Gasteiger partial charge in [-0.15, -0.1) is 0 Å². The van der Waals surface area contributed by atoms with Crippen LogP contribution in [0.3, 0.4) is 0 Å². The molecule has 196 valence electrons. The maximum atomic E-state index is 8.37. The first kappa shape index (κ1) is 42.6. The van der Waals surface area contributed by atoms with Crippen LogP contribution in [-0.2, 0) is 23.7 Å². The monoisotopic (exact) mass is 494 g/mol. The Bertz CT molecular complexity index is 187. The Kier molecular flexibility index (Phi) is 77.0. The van der Waals surface area contributed by atoms with Crippen molar-refractivity contribution < 1.29 is 33.9 Å². The third-order valence-corrected chi connectivity index (χ3v) is 4.73. The van der Waals surface area contributed by atoms with Gasteiger partial charge in [0.1, 0.15) is 0 Å². The molecule has 4 heteroatoms. The Morgan fingerprint density at radius 3 is 0.844 bits per heavy atom. The van der Waals surface area contributed by atoms with Crippen LogP contribution >= 0.6 is 0 Å². The predicted octanol–water partition coefficient (Wildman–Crippen LogP) is 9.36. The molecule has 0 atom stereocenters. The average molecular weight is 495 g/mol. The molecular weight excluding hydrogens is 432 g/mol. The molecule has 0 amide bonds. The van der Waals surface area contributed by atoms with Gasteiger partial charge in [-0.1, -0.05) is 130 Å². The SMILES string of the molecule is CCCCCCCO.CCCCCCCO.[CH2-]CCCCCC.[CH2-]CCCCCC.[O]=[Ti+2]. The molecular formula is C28H62O3Ti. The molecule has 0 aliphatic carbocycles. The molecule has 32 heavy (non-hydrogen) atoms. The average Bonchev–Trinajstić information content (AvgIpc) is 2.83. The molecule has 0 aromatic carbocycles. The van der Waals surface area contributed by atoms with Crippen LogP contribution in [0.15, 0.2) is 0 Å². The molecule has 0 aliphatic rings. The van der Waals surface area contributed by atoms with Gasteiger partial charge >= 0.3 is 23.7 Å². The summed E-state index contributed by atoms with van der Waals surface area (Å²) in [5.41, 5.74) is 0. The number of hydrogen-bond donors (Lipinski definition) is 2. The topological polar surface area (TPSA) is 57.5 Å². The summed E-state index contributed by atoms with van der Waals surface area (Å²) in [5.74, 6) is 0. The predicted molar refractivity (Wildman–Crippen MR) is 141 cm³/mol. The van der Waals surface area contributed by atoms with Crippen LogP contribution < -0.4 is 0 Å². The van der Waals surface area contributed by atoms with E-state index in [2.05, 4.69) is 41.5 Å². The van der Waals surface area contributed by atoms with Crippen LogP contribution in [0, 0.1) is 13.8 Å². The van der Waals surface area contributed by atoms with Gasteiger partial charge in [-0.05, 0) is 12.8 Å². The fourth-order valence-electron chi connectivity index (χ4n) is 2.64. The van der Waals surface area contributed by atoms with Crippen LogP contribution in [0.5, 0.6) is 0 Å². The first-order chi connectivity index (χ1) is 15.7. The van der Waals surface area contributed by atoms with Gasteiger partial charge in [0.05, 0.1) is 0 Å². The zero-order valence-corrected chi connectivity index (χ0v) is 24.3. The van der Waals surface area contributed by atoms with Crippen LogP contribution in [-0.4, -0.2) is 23.4 Å². The van der Waals surface area contributed by atoms with Crippen molar-refractivity contribution in [1.82, 2.24) is 0 Å². The second-order valence-corrected chi connectivity index (χ2v) is 8.10. The van der Waals surface area contributed by atoms with Gasteiger partial charge < -0.3 is 24.1 Å². The van der Waals surface area contributed by atoms with Gasteiger partial charge in [0.25, 0.3) is 0 Å². The summed E-state index contributed by atoms with van der Waals surface area (Å²) in [5, 5.41) is 16.7. The Morgan fingerprint density at radius 2 is 0.656 bits per heavy atom. The van der Waals surface area contributed by atoms with Crippen molar-refractivity contribution in [3.05, 3.63) is 13.8 Å². The van der Waals surface area contributed by atoms with E-state index in [0.717, 1.165) is 46.1 Å². The van der Waals surface area contributed by atoms with Gasteiger partial charge in [-0.25, -0.2) is 0 Å². The van der Waals surface area contributed by atoms with Gasteiger partial charge in [-0.3, -0.25) is 0 Å². The molecule has 0 spiro atoms. The normalized spacial score (nSPS) is 9.19. The minimum absolute atomic E-state index is 0.365. The number of aliphatic hydroxyl groups is 2. The summed E-state index contributed by atoms with van der Waals surface area (Å²) in [6.07, 6.45) is 25.2. The van der Waals surface area contributed by atoms with E-state index in [0.29, 0.717) is 13.2 Å². The first-order valence-electron chi connectivity index (χ1n) is 13.7. The fraction of sp³-hybridized carbons (Fsp3) is 0.929. The zero-order chi connectivity index (χ0) is 25.6. The molecule has 0 bridgehead atoms. The molecule has 0 unspecified atom stereocenters. The molecule has 0 rings (SSSR count). The summed E-state index contributed by atoms with van der Waals surface area (Å²) in [7, 11) is 0. The third-order valence-electron chi connectivity index (χ3n) is 4.73. The third kappa shape index (κ3) is 77.6. The number of aliphatic hydroxyl groups excluding tert-OH is 2. The molecule has 0 fully saturated rings. The second kappa shape index (κ2) is 57.9. The Morgan fingerprint density at radius 1 is 0.438 bits per heavy atom. The van der Waals surface area contributed by atoms with Crippen molar-refractivity contribution in [3.63, 3.8) is 0 Å². The molecule has 0 heterocycles. The van der Waals surface area contributed by atoms with E-state index in [1.54, 1.807) is 0 Å². The minimum atomic E-state index is 0.365. The quantitative estimate of drug-likeness (QED) is 0.113. The molecule has 0 aliphatic heterocycles. The standard InChI is InChI=1S/2C7H16O.2C7H15.O.Ti/c2*1-2-3-4-5-6-7-8;2*1-3-5-7-6-4-2;;/h2*8H,2-7H2,1H3;2*1,3-7H2,2H3;;/q;;2*-1;;+2. The van der Waals surface area contributed by atoms with E-state index in [1.807, 2.05) is 0 Å². The molecule has 0 saturated heterocycles. The maximum absolute atomic E-state index is 8.37.